The third-order valence-electron chi connectivity index (χ3n) is 9.09. The Balaban J connectivity index is 1.41. The first-order valence-electron chi connectivity index (χ1n) is 12.7. The monoisotopic (exact) mass is 486 g/mol. The van der Waals surface area contributed by atoms with Crippen LogP contribution in [-0.2, 0) is 4.74 Å². The fourth-order valence-corrected chi connectivity index (χ4v) is 11.5. The van der Waals surface area contributed by atoms with Crippen molar-refractivity contribution in [3.63, 3.8) is 0 Å². The lowest BCUT2D eigenvalue weighted by Crippen LogP contribution is -2.46. The van der Waals surface area contributed by atoms with Gasteiger partial charge in [0.15, 0.2) is 0 Å². The van der Waals surface area contributed by atoms with Crippen molar-refractivity contribution in [1.29, 1.82) is 0 Å². The third kappa shape index (κ3) is 3.52. The van der Waals surface area contributed by atoms with E-state index in [-0.39, 0.29) is 5.44 Å². The molecular formula is C31H35OPS. The zero-order valence-corrected chi connectivity index (χ0v) is 22.5. The second-order valence-corrected chi connectivity index (χ2v) is 14.4. The van der Waals surface area contributed by atoms with Gasteiger partial charge in [0.2, 0.25) is 0 Å². The molecule has 4 atom stereocenters. The van der Waals surface area contributed by atoms with Gasteiger partial charge in [-0.25, -0.2) is 0 Å². The first-order valence-corrected chi connectivity index (χ1v) is 15.1. The minimum absolute atomic E-state index is 0.126. The van der Waals surface area contributed by atoms with Gasteiger partial charge in [0.05, 0.1) is 6.10 Å². The summed E-state index contributed by atoms with van der Waals surface area (Å²) in [7, 11) is -0.658. The molecule has 1 spiro atoms. The molecule has 0 radical (unpaired) electrons. The van der Waals surface area contributed by atoms with Gasteiger partial charge in [-0.1, -0.05) is 97.8 Å². The summed E-state index contributed by atoms with van der Waals surface area (Å²) in [4.78, 5) is 0. The quantitative estimate of drug-likeness (QED) is 0.367. The van der Waals surface area contributed by atoms with E-state index in [0.29, 0.717) is 16.9 Å². The van der Waals surface area contributed by atoms with Crippen LogP contribution in [0.25, 0.3) is 0 Å². The number of hydrogen-bond acceptors (Lipinski definition) is 2. The number of rotatable bonds is 4. The molecule has 1 aliphatic heterocycles. The largest absolute Gasteiger partial charge is 0.359 e. The lowest BCUT2D eigenvalue weighted by Gasteiger charge is -2.47. The van der Waals surface area contributed by atoms with Crippen LogP contribution in [0.1, 0.15) is 55.2 Å². The Hall–Kier alpha value is -1.60. The minimum Gasteiger partial charge on any atom is -0.359 e. The number of ether oxygens (including phenoxy) is 1. The van der Waals surface area contributed by atoms with Crippen molar-refractivity contribution in [3.8, 4) is 0 Å². The van der Waals surface area contributed by atoms with E-state index >= 15 is 0 Å². The molecule has 2 bridgehead atoms. The highest BCUT2D eigenvalue weighted by molar-refractivity contribution is 7.99. The van der Waals surface area contributed by atoms with Crippen molar-refractivity contribution < 1.29 is 4.74 Å². The van der Waals surface area contributed by atoms with Gasteiger partial charge in [0, 0.05) is 11.2 Å². The molecule has 2 saturated carbocycles. The van der Waals surface area contributed by atoms with Gasteiger partial charge in [-0.15, -0.1) is 11.8 Å². The van der Waals surface area contributed by atoms with Crippen LogP contribution in [0.15, 0.2) is 72.8 Å². The molecule has 6 rings (SSSR count). The highest BCUT2D eigenvalue weighted by Gasteiger charge is 2.66. The molecule has 3 fully saturated rings. The van der Waals surface area contributed by atoms with Gasteiger partial charge in [-0.05, 0) is 73.8 Å². The molecule has 1 nitrogen and oxygen atoms in total. The number of hydrogen-bond donors (Lipinski definition) is 0. The second kappa shape index (κ2) is 8.51. The Kier molecular flexibility index (Phi) is 5.72. The smallest absolute Gasteiger partial charge is 0.129 e. The zero-order valence-electron chi connectivity index (χ0n) is 20.8. The van der Waals surface area contributed by atoms with Crippen molar-refractivity contribution in [2.24, 2.45) is 16.7 Å². The number of aryl methyl sites for hydroxylation is 2. The molecule has 3 aliphatic rings. The average Bonchev–Trinajstić information content (AvgIpc) is 3.20. The summed E-state index contributed by atoms with van der Waals surface area (Å²) in [6.07, 6.45) is 4.39. The van der Waals surface area contributed by atoms with E-state index in [0.717, 1.165) is 5.92 Å². The van der Waals surface area contributed by atoms with E-state index in [1.54, 1.807) is 0 Å². The lowest BCUT2D eigenvalue weighted by atomic mass is 9.69. The van der Waals surface area contributed by atoms with E-state index in [1.165, 1.54) is 57.6 Å². The first-order chi connectivity index (χ1) is 16.4. The summed E-state index contributed by atoms with van der Waals surface area (Å²) in [5.74, 6) is 2.05. The zero-order chi connectivity index (χ0) is 23.5. The SMILES string of the molecule is Cc1cccc(P(c2cccc(C)c2)c2ccccc2[C@@H]2O[C@@H]3C[C@H]4CC[C@]3(CS2)C4(C)C)c1. The van der Waals surface area contributed by atoms with E-state index < -0.39 is 7.92 Å². The van der Waals surface area contributed by atoms with Crippen LogP contribution in [0, 0.1) is 30.6 Å². The minimum atomic E-state index is -0.658. The van der Waals surface area contributed by atoms with Crippen LogP contribution in [-0.4, -0.2) is 11.9 Å². The number of benzene rings is 3. The number of fused-ring (bicyclic) bond motifs is 1. The summed E-state index contributed by atoms with van der Waals surface area (Å²) < 4.78 is 7.04. The van der Waals surface area contributed by atoms with E-state index in [1.807, 2.05) is 0 Å². The maximum Gasteiger partial charge on any atom is 0.129 e. The number of thioether (sulfide) groups is 1. The highest BCUT2D eigenvalue weighted by Crippen LogP contribution is 2.70. The molecule has 0 N–H and O–H groups in total. The molecule has 34 heavy (non-hydrogen) atoms. The van der Waals surface area contributed by atoms with Crippen molar-refractivity contribution in [2.75, 3.05) is 5.75 Å². The third-order valence-corrected chi connectivity index (χ3v) is 12.9. The highest BCUT2D eigenvalue weighted by atomic mass is 32.2. The van der Waals surface area contributed by atoms with Gasteiger partial charge in [0.25, 0.3) is 0 Å². The van der Waals surface area contributed by atoms with Gasteiger partial charge >= 0.3 is 0 Å². The molecule has 0 amide bonds. The van der Waals surface area contributed by atoms with Crippen molar-refractivity contribution in [3.05, 3.63) is 89.5 Å². The summed E-state index contributed by atoms with van der Waals surface area (Å²) in [6.45, 7) is 9.43. The topological polar surface area (TPSA) is 9.23 Å². The van der Waals surface area contributed by atoms with Crippen LogP contribution in [0.5, 0.6) is 0 Å². The lowest BCUT2D eigenvalue weighted by molar-refractivity contribution is -0.0667. The van der Waals surface area contributed by atoms with Crippen LogP contribution in [0.3, 0.4) is 0 Å². The molecule has 0 unspecified atom stereocenters. The molecule has 1 heterocycles. The predicted octanol–water partition coefficient (Wildman–Crippen LogP) is 7.02. The Labute approximate surface area is 210 Å². The molecule has 3 aromatic rings. The molecular weight excluding hydrogens is 451 g/mol. The van der Waals surface area contributed by atoms with Gasteiger partial charge in [-0.2, -0.15) is 0 Å². The van der Waals surface area contributed by atoms with Gasteiger partial charge in [-0.3, -0.25) is 0 Å². The maximum absolute atomic E-state index is 7.04. The average molecular weight is 487 g/mol. The van der Waals surface area contributed by atoms with Gasteiger partial charge in [0.1, 0.15) is 5.44 Å². The maximum atomic E-state index is 7.04. The van der Waals surface area contributed by atoms with Crippen molar-refractivity contribution in [1.82, 2.24) is 0 Å². The predicted molar refractivity (Wildman–Crippen MR) is 148 cm³/mol. The molecule has 176 valence electrons. The first kappa shape index (κ1) is 22.8. The van der Waals surface area contributed by atoms with Crippen LogP contribution in [0.2, 0.25) is 0 Å². The Morgan fingerprint density at radius 3 is 2.21 bits per heavy atom. The Morgan fingerprint density at radius 1 is 0.882 bits per heavy atom. The molecule has 0 aromatic heterocycles. The van der Waals surface area contributed by atoms with Crippen LogP contribution >= 0.6 is 19.7 Å². The van der Waals surface area contributed by atoms with Crippen molar-refractivity contribution >= 4 is 35.6 Å². The van der Waals surface area contributed by atoms with Crippen LogP contribution in [0.4, 0.5) is 0 Å². The molecule has 3 heteroatoms. The summed E-state index contributed by atoms with van der Waals surface area (Å²) in [5.41, 5.74) is 4.93. The summed E-state index contributed by atoms with van der Waals surface area (Å²) in [5, 5.41) is 4.29. The molecule has 3 aromatic carbocycles. The molecule has 1 saturated heterocycles. The van der Waals surface area contributed by atoms with E-state index in [2.05, 4.69) is 112 Å². The Bertz CT molecular complexity index is 1170. The normalized spacial score (nSPS) is 29.4. The fourth-order valence-electron chi connectivity index (χ4n) is 6.96. The molecule has 2 aliphatic carbocycles. The van der Waals surface area contributed by atoms with Gasteiger partial charge < -0.3 is 4.74 Å². The standard InChI is InChI=1S/C31H35OPS/c1-21-9-7-11-24(17-21)33(25-12-8-10-22(2)18-25)27-14-6-5-13-26(27)29-32-28-19-23-15-16-31(28,20-34-29)30(23,3)4/h5-14,17-18,23,28-29H,15-16,19-20H2,1-4H3/t23-,28-,29-,31-/m1/s1. The van der Waals surface area contributed by atoms with E-state index in [4.69, 9.17) is 4.74 Å². The summed E-state index contributed by atoms with van der Waals surface area (Å²) >= 11 is 2.06. The fraction of sp³-hybridized carbons (Fsp3) is 0.419. The van der Waals surface area contributed by atoms with Crippen molar-refractivity contribution in [2.45, 2.75) is 58.5 Å². The van der Waals surface area contributed by atoms with Crippen LogP contribution < -0.4 is 15.9 Å². The second-order valence-electron chi connectivity index (χ2n) is 11.2. The van der Waals surface area contributed by atoms with E-state index in [9.17, 15) is 0 Å². The Morgan fingerprint density at radius 2 is 1.56 bits per heavy atom. The summed E-state index contributed by atoms with van der Waals surface area (Å²) in [6, 6.07) is 27.4.